The molecule has 4 rings (SSSR count). The van der Waals surface area contributed by atoms with E-state index in [1.54, 1.807) is 22.9 Å². The van der Waals surface area contributed by atoms with Gasteiger partial charge in [0.15, 0.2) is 5.13 Å². The van der Waals surface area contributed by atoms with Gasteiger partial charge in [0.25, 0.3) is 11.8 Å². The van der Waals surface area contributed by atoms with Crippen molar-refractivity contribution in [2.24, 2.45) is 5.16 Å². The van der Waals surface area contributed by atoms with Gasteiger partial charge in [0.2, 0.25) is 11.5 Å². The number of oxime groups is 1. The first-order valence-corrected chi connectivity index (χ1v) is 9.87. The van der Waals surface area contributed by atoms with Crippen LogP contribution in [0.15, 0.2) is 29.6 Å². The molecule has 1 saturated heterocycles. The summed E-state index contributed by atoms with van der Waals surface area (Å²) in [6.45, 7) is 0. The van der Waals surface area contributed by atoms with E-state index in [9.17, 15) is 9.59 Å². The van der Waals surface area contributed by atoms with Crippen LogP contribution in [0.3, 0.4) is 0 Å². The zero-order valence-electron chi connectivity index (χ0n) is 13.6. The van der Waals surface area contributed by atoms with Gasteiger partial charge in [0.1, 0.15) is 17.5 Å². The summed E-state index contributed by atoms with van der Waals surface area (Å²) in [7, 11) is 0. The molecule has 3 aliphatic rings. The first-order chi connectivity index (χ1) is 12.6. The van der Waals surface area contributed by atoms with Gasteiger partial charge in [-0.3, -0.25) is 9.59 Å². The molecule has 0 bridgehead atoms. The maximum Gasteiger partial charge on any atom is 0.278 e. The molecule has 0 saturated carbocycles. The van der Waals surface area contributed by atoms with E-state index in [0.717, 1.165) is 30.1 Å². The second-order valence-electron chi connectivity index (χ2n) is 5.85. The Morgan fingerprint density at radius 1 is 1.46 bits per heavy atom. The van der Waals surface area contributed by atoms with Crippen LogP contribution in [0.2, 0.25) is 0 Å². The summed E-state index contributed by atoms with van der Waals surface area (Å²) in [6.07, 6.45) is 9.06. The number of fused-ring (bicyclic) bond motifs is 1. The molecule has 1 aromatic heterocycles. The summed E-state index contributed by atoms with van der Waals surface area (Å²) < 4.78 is 4.04. The molecule has 3 N–H and O–H groups in total. The molecule has 0 spiro atoms. The fraction of sp³-hybridized carbons (Fsp3) is 0.400. The molecule has 26 heavy (non-hydrogen) atoms. The Morgan fingerprint density at radius 2 is 2.35 bits per heavy atom. The number of nitrogens with zero attached hydrogens (tertiary/aromatic N) is 4. The molecule has 3 atom stereocenters. The number of nitrogen functional groups attached to an aromatic ring is 1. The molecular formula is C15H16N6O3S2. The summed E-state index contributed by atoms with van der Waals surface area (Å²) in [5, 5.41) is 6.80. The number of aromatic nitrogens is 2. The number of hydrogen-bond donors (Lipinski definition) is 2. The summed E-state index contributed by atoms with van der Waals surface area (Å²) in [5.74, 6) is 0.171. The van der Waals surface area contributed by atoms with Crippen molar-refractivity contribution >= 4 is 46.0 Å². The second-order valence-corrected chi connectivity index (χ2v) is 7.78. The van der Waals surface area contributed by atoms with Crippen molar-refractivity contribution in [3.05, 3.63) is 30.3 Å². The zero-order chi connectivity index (χ0) is 18.1. The first-order valence-electron chi connectivity index (χ1n) is 8.05. The van der Waals surface area contributed by atoms with Crippen molar-refractivity contribution in [3.8, 4) is 0 Å². The molecular weight excluding hydrogens is 376 g/mol. The molecule has 2 aliphatic heterocycles. The molecule has 1 aromatic rings. The number of β-lactam (4-membered cyclic amide) rings is 1. The number of rotatable bonds is 5. The Hall–Kier alpha value is -2.40. The maximum absolute atomic E-state index is 12.7. The Labute approximate surface area is 157 Å². The van der Waals surface area contributed by atoms with Crippen molar-refractivity contribution in [2.75, 3.05) is 11.5 Å². The van der Waals surface area contributed by atoms with Crippen LogP contribution in [0.5, 0.6) is 0 Å². The molecule has 1 fully saturated rings. The quantitative estimate of drug-likeness (QED) is 0.323. The van der Waals surface area contributed by atoms with Crippen LogP contribution in [0.1, 0.15) is 18.7 Å². The first kappa shape index (κ1) is 17.0. The fourth-order valence-electron chi connectivity index (χ4n) is 2.80. The van der Waals surface area contributed by atoms with Gasteiger partial charge in [-0.05, 0) is 18.9 Å². The smallest absolute Gasteiger partial charge is 0.278 e. The molecule has 2 unspecified atom stereocenters. The highest BCUT2D eigenvalue weighted by atomic mass is 32.2. The van der Waals surface area contributed by atoms with E-state index >= 15 is 0 Å². The number of hydrogen-bond acceptors (Lipinski definition) is 9. The lowest BCUT2D eigenvalue weighted by atomic mass is 10.1. The van der Waals surface area contributed by atoms with Gasteiger partial charge in [-0.15, -0.1) is 11.8 Å². The average molecular weight is 392 g/mol. The highest BCUT2D eigenvalue weighted by Gasteiger charge is 2.49. The van der Waals surface area contributed by atoms with Gasteiger partial charge in [-0.25, -0.2) is 0 Å². The van der Waals surface area contributed by atoms with Crippen LogP contribution >= 0.6 is 23.3 Å². The van der Waals surface area contributed by atoms with Crippen molar-refractivity contribution in [1.82, 2.24) is 19.6 Å². The Kier molecular flexibility index (Phi) is 4.64. The van der Waals surface area contributed by atoms with E-state index in [1.165, 1.54) is 0 Å². The van der Waals surface area contributed by atoms with Crippen LogP contribution in [-0.2, 0) is 14.4 Å². The number of nitrogens with two attached hydrogens (primary N) is 1. The van der Waals surface area contributed by atoms with E-state index in [0.29, 0.717) is 0 Å². The minimum absolute atomic E-state index is 0.0825. The molecule has 3 heterocycles. The van der Waals surface area contributed by atoms with Crippen molar-refractivity contribution in [3.63, 3.8) is 0 Å². The summed E-state index contributed by atoms with van der Waals surface area (Å²) in [6, 6.07) is -0.606. The molecule has 0 radical (unpaired) electrons. The lowest BCUT2D eigenvalue weighted by Crippen LogP contribution is -2.68. The maximum atomic E-state index is 12.7. The molecule has 136 valence electrons. The van der Waals surface area contributed by atoms with Crippen molar-refractivity contribution < 1.29 is 14.4 Å². The second kappa shape index (κ2) is 7.08. The predicted molar refractivity (Wildman–Crippen MR) is 98.3 cm³/mol. The van der Waals surface area contributed by atoms with Crippen LogP contribution in [0.4, 0.5) is 5.13 Å². The number of allylic oxidation sites excluding steroid dienone is 1. The Balaban J connectivity index is 1.50. The van der Waals surface area contributed by atoms with Gasteiger partial charge < -0.3 is 20.8 Å². The van der Waals surface area contributed by atoms with Crippen molar-refractivity contribution in [1.29, 1.82) is 0 Å². The van der Waals surface area contributed by atoms with E-state index in [4.69, 9.17) is 10.6 Å². The number of thioether (sulfide) groups is 1. The topological polar surface area (TPSA) is 123 Å². The van der Waals surface area contributed by atoms with E-state index in [1.807, 2.05) is 18.2 Å². The van der Waals surface area contributed by atoms with Crippen LogP contribution < -0.4 is 11.1 Å². The normalized spacial score (nSPS) is 27.2. The highest BCUT2D eigenvalue weighted by molar-refractivity contribution is 8.00. The number of nitrogens with one attached hydrogen (secondary N) is 1. The van der Waals surface area contributed by atoms with Gasteiger partial charge in [0.05, 0.1) is 0 Å². The van der Waals surface area contributed by atoms with Crippen LogP contribution in [0, 0.1) is 0 Å². The Bertz CT molecular complexity index is 820. The number of amides is 2. The predicted octanol–water partition coefficient (Wildman–Crippen LogP) is 0.473. The third-order valence-corrected chi connectivity index (χ3v) is 5.88. The molecule has 1 aliphatic carbocycles. The SMILES string of the molecule is Nc1nc(C(=NOC2C=CCC2)C(=O)NC2C(=O)N3C=CCS[C@@H]23)ns1. The summed E-state index contributed by atoms with van der Waals surface area (Å²) in [5.41, 5.74) is 5.53. The highest BCUT2D eigenvalue weighted by Crippen LogP contribution is 2.33. The Morgan fingerprint density at radius 3 is 3.08 bits per heavy atom. The third-order valence-electron chi connectivity index (χ3n) is 4.11. The molecule has 0 aromatic carbocycles. The lowest BCUT2D eigenvalue weighted by Gasteiger charge is -2.46. The van der Waals surface area contributed by atoms with Crippen molar-refractivity contribution in [2.45, 2.75) is 30.4 Å². The van der Waals surface area contributed by atoms with Gasteiger partial charge in [0, 0.05) is 23.5 Å². The zero-order valence-corrected chi connectivity index (χ0v) is 15.2. The molecule has 11 heteroatoms. The van der Waals surface area contributed by atoms with E-state index in [2.05, 4.69) is 19.8 Å². The largest absolute Gasteiger partial charge is 0.387 e. The summed E-state index contributed by atoms with van der Waals surface area (Å²) in [4.78, 5) is 36.0. The number of anilines is 1. The summed E-state index contributed by atoms with van der Waals surface area (Å²) >= 11 is 2.55. The minimum atomic E-state index is -0.606. The van der Waals surface area contributed by atoms with Gasteiger partial charge >= 0.3 is 0 Å². The molecule has 9 nitrogen and oxygen atoms in total. The standard InChI is InChI=1S/C15H16N6O3S2/c16-15-18-11(20-26-15)9(19-24-8-4-1-2-5-8)12(22)17-10-13(23)21-6-3-7-25-14(10)21/h1,3-4,6,8,10,14H,2,5,7H2,(H,17,22)(H2,16,18,20)/t8?,10?,14-/m0/s1. The van der Waals surface area contributed by atoms with E-state index < -0.39 is 11.9 Å². The van der Waals surface area contributed by atoms with Crippen LogP contribution in [0.25, 0.3) is 0 Å². The van der Waals surface area contributed by atoms with Gasteiger partial charge in [-0.1, -0.05) is 17.3 Å². The monoisotopic (exact) mass is 392 g/mol. The third kappa shape index (κ3) is 3.19. The number of carbonyl (C=O) groups is 2. The molecule has 2 amide bonds. The van der Waals surface area contributed by atoms with E-state index in [-0.39, 0.29) is 34.1 Å². The minimum Gasteiger partial charge on any atom is -0.387 e. The lowest BCUT2D eigenvalue weighted by molar-refractivity contribution is -0.143. The number of carbonyl (C=O) groups excluding carboxylic acids is 2. The van der Waals surface area contributed by atoms with Gasteiger partial charge in [-0.2, -0.15) is 9.36 Å². The van der Waals surface area contributed by atoms with Crippen LogP contribution in [-0.4, -0.2) is 55.1 Å². The fourth-order valence-corrected chi connectivity index (χ4v) is 4.34. The average Bonchev–Trinajstić information content (AvgIpc) is 3.31.